The minimum atomic E-state index is -0.343. The Labute approximate surface area is 58.7 Å². The van der Waals surface area contributed by atoms with E-state index in [1.807, 2.05) is 0 Å². The molecule has 0 aromatic rings. The molecule has 54 valence electrons. The molecule has 0 N–H and O–H groups in total. The maximum Gasteiger partial charge on any atom is 0.334 e. The van der Waals surface area contributed by atoms with Gasteiger partial charge in [0.1, 0.15) is 6.29 Å². The van der Waals surface area contributed by atoms with E-state index in [9.17, 15) is 9.59 Å². The van der Waals surface area contributed by atoms with Gasteiger partial charge in [0, 0.05) is 12.0 Å². The Bertz CT molecular complexity index is 203. The number of hydrogen-bond donors (Lipinski definition) is 0. The van der Waals surface area contributed by atoms with Crippen molar-refractivity contribution in [3.63, 3.8) is 0 Å². The number of ether oxygens (including phenoxy) is 1. The zero-order valence-corrected chi connectivity index (χ0v) is 5.72. The molecular weight excluding hydrogens is 132 g/mol. The van der Waals surface area contributed by atoms with Crippen LogP contribution in [0, 0.1) is 0 Å². The molecule has 0 unspecified atom stereocenters. The quantitative estimate of drug-likeness (QED) is 0.301. The van der Waals surface area contributed by atoms with E-state index in [0.717, 1.165) is 0 Å². The van der Waals surface area contributed by atoms with Crippen molar-refractivity contribution in [3.8, 4) is 0 Å². The molecule has 1 heterocycles. The monoisotopic (exact) mass is 140 g/mol. The molecule has 10 heavy (non-hydrogen) atoms. The van der Waals surface area contributed by atoms with Gasteiger partial charge in [-0.1, -0.05) is 0 Å². The van der Waals surface area contributed by atoms with Crippen LogP contribution in [0.2, 0.25) is 0 Å². The van der Waals surface area contributed by atoms with Crippen molar-refractivity contribution in [2.75, 3.05) is 6.61 Å². The highest BCUT2D eigenvalue weighted by Crippen LogP contribution is 2.15. The van der Waals surface area contributed by atoms with Gasteiger partial charge in [0.15, 0.2) is 0 Å². The highest BCUT2D eigenvalue weighted by atomic mass is 16.5. The number of aldehydes is 1. The Morgan fingerprint density at radius 3 is 2.80 bits per heavy atom. The third-order valence-electron chi connectivity index (χ3n) is 1.48. The Kier molecular flexibility index (Phi) is 1.85. The predicted octanol–water partition coefficient (Wildman–Crippen LogP) is 0.449. The van der Waals surface area contributed by atoms with Crippen molar-refractivity contribution in [3.05, 3.63) is 11.1 Å². The van der Waals surface area contributed by atoms with Crippen molar-refractivity contribution in [2.24, 2.45) is 0 Å². The lowest BCUT2D eigenvalue weighted by molar-refractivity contribution is -0.135. The van der Waals surface area contributed by atoms with Crippen molar-refractivity contribution >= 4 is 12.3 Å². The molecule has 0 atom stereocenters. The van der Waals surface area contributed by atoms with Gasteiger partial charge >= 0.3 is 5.97 Å². The summed E-state index contributed by atoms with van der Waals surface area (Å²) in [5.41, 5.74) is 1.01. The maximum atomic E-state index is 10.7. The van der Waals surface area contributed by atoms with Gasteiger partial charge in [-0.15, -0.1) is 0 Å². The Hall–Kier alpha value is -1.12. The Morgan fingerprint density at radius 2 is 2.40 bits per heavy atom. The summed E-state index contributed by atoms with van der Waals surface area (Å²) in [5, 5.41) is 0. The lowest BCUT2D eigenvalue weighted by Gasteiger charge is -1.91. The molecule has 3 nitrogen and oxygen atoms in total. The molecule has 3 heteroatoms. The van der Waals surface area contributed by atoms with E-state index in [1.165, 1.54) is 0 Å². The van der Waals surface area contributed by atoms with Crippen LogP contribution in [0.4, 0.5) is 0 Å². The number of carbonyl (C=O) groups is 2. The highest BCUT2D eigenvalue weighted by Gasteiger charge is 2.20. The normalized spacial score (nSPS) is 22.3. The number of hydrogen-bond acceptors (Lipinski definition) is 3. The third-order valence-corrected chi connectivity index (χ3v) is 1.48. The summed E-state index contributed by atoms with van der Waals surface area (Å²) in [6.07, 6.45) is 1.26. The van der Waals surface area contributed by atoms with Crippen LogP contribution in [0.1, 0.15) is 13.3 Å². The number of allylic oxidation sites excluding steroid dienone is 1. The summed E-state index contributed by atoms with van der Waals surface area (Å²) < 4.78 is 4.63. The van der Waals surface area contributed by atoms with Crippen molar-refractivity contribution in [2.45, 2.75) is 13.3 Å². The first-order valence-corrected chi connectivity index (χ1v) is 3.07. The first-order chi connectivity index (χ1) is 4.75. The van der Waals surface area contributed by atoms with E-state index in [2.05, 4.69) is 4.74 Å². The van der Waals surface area contributed by atoms with Crippen molar-refractivity contribution in [1.29, 1.82) is 0 Å². The largest absolute Gasteiger partial charge is 0.462 e. The fourth-order valence-electron chi connectivity index (χ4n) is 0.864. The SMILES string of the molecule is C/C(C=O)=C1/CCOC1=O. The molecule has 0 radical (unpaired) electrons. The summed E-state index contributed by atoms with van der Waals surface area (Å²) in [4.78, 5) is 20.9. The van der Waals surface area contributed by atoms with Gasteiger partial charge in [-0.2, -0.15) is 0 Å². The van der Waals surface area contributed by atoms with Crippen LogP contribution >= 0.6 is 0 Å². The fourth-order valence-corrected chi connectivity index (χ4v) is 0.864. The molecule has 1 aliphatic rings. The van der Waals surface area contributed by atoms with E-state index in [1.54, 1.807) is 6.92 Å². The Morgan fingerprint density at radius 1 is 1.70 bits per heavy atom. The smallest absolute Gasteiger partial charge is 0.334 e. The lowest BCUT2D eigenvalue weighted by Crippen LogP contribution is -1.98. The van der Waals surface area contributed by atoms with Crippen LogP contribution in [-0.4, -0.2) is 18.9 Å². The molecule has 0 saturated carbocycles. The molecule has 0 spiro atoms. The van der Waals surface area contributed by atoms with Gasteiger partial charge in [-0.3, -0.25) is 4.79 Å². The fraction of sp³-hybridized carbons (Fsp3) is 0.429. The summed E-state index contributed by atoms with van der Waals surface area (Å²) in [6, 6.07) is 0. The van der Waals surface area contributed by atoms with Gasteiger partial charge < -0.3 is 4.74 Å². The van der Waals surface area contributed by atoms with E-state index in [4.69, 9.17) is 0 Å². The summed E-state index contributed by atoms with van der Waals surface area (Å²) in [6.45, 7) is 2.04. The molecule has 0 bridgehead atoms. The molecule has 0 aliphatic carbocycles. The first-order valence-electron chi connectivity index (χ1n) is 3.07. The zero-order chi connectivity index (χ0) is 7.56. The van der Waals surface area contributed by atoms with Gasteiger partial charge in [0.05, 0.1) is 6.61 Å². The average Bonchev–Trinajstić information content (AvgIpc) is 2.34. The first kappa shape index (κ1) is 6.99. The Balaban J connectivity index is 2.89. The van der Waals surface area contributed by atoms with E-state index in [-0.39, 0.29) is 5.97 Å². The lowest BCUT2D eigenvalue weighted by atomic mass is 10.1. The topological polar surface area (TPSA) is 43.4 Å². The molecule has 0 amide bonds. The second-order valence-corrected chi connectivity index (χ2v) is 2.17. The van der Waals surface area contributed by atoms with E-state index >= 15 is 0 Å². The highest BCUT2D eigenvalue weighted by molar-refractivity contribution is 5.96. The van der Waals surface area contributed by atoms with E-state index in [0.29, 0.717) is 30.5 Å². The molecule has 1 rings (SSSR count). The second-order valence-electron chi connectivity index (χ2n) is 2.17. The van der Waals surface area contributed by atoms with Crippen LogP contribution < -0.4 is 0 Å². The van der Waals surface area contributed by atoms with Crippen LogP contribution in [0.5, 0.6) is 0 Å². The number of carbonyl (C=O) groups excluding carboxylic acids is 2. The maximum absolute atomic E-state index is 10.7. The number of cyclic esters (lactones) is 1. The minimum Gasteiger partial charge on any atom is -0.462 e. The summed E-state index contributed by atoms with van der Waals surface area (Å²) >= 11 is 0. The van der Waals surface area contributed by atoms with Crippen LogP contribution in [0.25, 0.3) is 0 Å². The van der Waals surface area contributed by atoms with Crippen LogP contribution in [-0.2, 0) is 14.3 Å². The minimum absolute atomic E-state index is 0.343. The summed E-state index contributed by atoms with van der Waals surface area (Å²) in [7, 11) is 0. The van der Waals surface area contributed by atoms with Crippen LogP contribution in [0.15, 0.2) is 11.1 Å². The van der Waals surface area contributed by atoms with Crippen molar-refractivity contribution in [1.82, 2.24) is 0 Å². The molecular formula is C7H8O3. The predicted molar refractivity (Wildman–Crippen MR) is 34.3 cm³/mol. The standard InChI is InChI=1S/C7H8O3/c1-5(4-8)6-2-3-10-7(6)9/h4H,2-3H2,1H3/b6-5+. The zero-order valence-electron chi connectivity index (χ0n) is 5.72. The molecule has 1 aliphatic heterocycles. The van der Waals surface area contributed by atoms with Gasteiger partial charge in [-0.25, -0.2) is 4.79 Å². The molecule has 1 fully saturated rings. The van der Waals surface area contributed by atoms with Crippen LogP contribution in [0.3, 0.4) is 0 Å². The number of esters is 1. The molecule has 0 aromatic heterocycles. The van der Waals surface area contributed by atoms with Crippen molar-refractivity contribution < 1.29 is 14.3 Å². The molecule has 1 saturated heterocycles. The van der Waals surface area contributed by atoms with Gasteiger partial charge in [-0.05, 0) is 12.5 Å². The molecule has 0 aromatic carbocycles. The van der Waals surface area contributed by atoms with Gasteiger partial charge in [0.25, 0.3) is 0 Å². The second kappa shape index (κ2) is 2.64. The van der Waals surface area contributed by atoms with E-state index < -0.39 is 0 Å². The third kappa shape index (κ3) is 1.07. The number of rotatable bonds is 1. The summed E-state index contributed by atoms with van der Waals surface area (Å²) in [5.74, 6) is -0.343. The van der Waals surface area contributed by atoms with Gasteiger partial charge in [0.2, 0.25) is 0 Å². The average molecular weight is 140 g/mol.